The van der Waals surface area contributed by atoms with E-state index in [0.717, 1.165) is 22.3 Å². The zero-order valence-corrected chi connectivity index (χ0v) is 13.8. The van der Waals surface area contributed by atoms with Crippen LogP contribution in [0.3, 0.4) is 0 Å². The topological polar surface area (TPSA) is 80.0 Å². The minimum Gasteiger partial charge on any atom is -0.392 e. The van der Waals surface area contributed by atoms with Gasteiger partial charge in [-0.15, -0.1) is 0 Å². The Morgan fingerprint density at radius 1 is 1.24 bits per heavy atom. The maximum atomic E-state index is 12.1. The summed E-state index contributed by atoms with van der Waals surface area (Å²) in [6.07, 6.45) is 10.3. The van der Waals surface area contributed by atoms with Gasteiger partial charge in [-0.25, -0.2) is 0 Å². The quantitative estimate of drug-likeness (QED) is 0.703. The van der Waals surface area contributed by atoms with Crippen LogP contribution < -0.4 is 5.32 Å². The van der Waals surface area contributed by atoms with Crippen LogP contribution in [0.25, 0.3) is 17.2 Å². The maximum absolute atomic E-state index is 12.1. The molecular weight excluding hydrogens is 316 g/mol. The summed E-state index contributed by atoms with van der Waals surface area (Å²) < 4.78 is 1.73. The molecule has 0 spiro atoms. The fourth-order valence-electron chi connectivity index (χ4n) is 2.41. The number of amides is 1. The van der Waals surface area contributed by atoms with E-state index in [2.05, 4.69) is 15.4 Å². The molecule has 0 atom stereocenters. The summed E-state index contributed by atoms with van der Waals surface area (Å²) in [6, 6.07) is 8.93. The Kier molecular flexibility index (Phi) is 5.01. The van der Waals surface area contributed by atoms with Crippen molar-refractivity contribution < 1.29 is 9.90 Å². The van der Waals surface area contributed by atoms with Crippen molar-refractivity contribution >= 4 is 17.7 Å². The van der Waals surface area contributed by atoms with Gasteiger partial charge in [-0.05, 0) is 35.4 Å². The third-order valence-corrected chi connectivity index (χ3v) is 3.69. The molecule has 6 heteroatoms. The van der Waals surface area contributed by atoms with Crippen LogP contribution >= 0.6 is 0 Å². The predicted molar refractivity (Wildman–Crippen MR) is 96.5 cm³/mol. The first-order valence-corrected chi connectivity index (χ1v) is 7.77. The van der Waals surface area contributed by atoms with Gasteiger partial charge in [-0.1, -0.05) is 12.1 Å². The van der Waals surface area contributed by atoms with Gasteiger partial charge in [0.1, 0.15) is 0 Å². The molecule has 1 amide bonds. The van der Waals surface area contributed by atoms with Gasteiger partial charge in [0.2, 0.25) is 5.91 Å². The first-order chi connectivity index (χ1) is 12.2. The highest BCUT2D eigenvalue weighted by molar-refractivity contribution is 6.02. The molecule has 0 radical (unpaired) electrons. The summed E-state index contributed by atoms with van der Waals surface area (Å²) in [4.78, 5) is 16.2. The van der Waals surface area contributed by atoms with E-state index in [0.29, 0.717) is 5.69 Å². The molecule has 0 saturated carbocycles. The average Bonchev–Trinajstić information content (AvgIpc) is 3.07. The van der Waals surface area contributed by atoms with E-state index < -0.39 is 0 Å². The maximum Gasteiger partial charge on any atom is 0.248 e. The second-order valence-electron chi connectivity index (χ2n) is 5.54. The van der Waals surface area contributed by atoms with Crippen molar-refractivity contribution in [3.05, 3.63) is 72.3 Å². The lowest BCUT2D eigenvalue weighted by Gasteiger charge is -2.04. The number of rotatable bonds is 5. The molecule has 2 N–H and O–H groups in total. The highest BCUT2D eigenvalue weighted by Gasteiger charge is 2.05. The number of anilines is 1. The Morgan fingerprint density at radius 2 is 2.04 bits per heavy atom. The van der Waals surface area contributed by atoms with Crippen LogP contribution in [0.4, 0.5) is 5.69 Å². The van der Waals surface area contributed by atoms with Gasteiger partial charge in [0.15, 0.2) is 0 Å². The number of aromatic nitrogens is 3. The van der Waals surface area contributed by atoms with Gasteiger partial charge in [0.25, 0.3) is 0 Å². The van der Waals surface area contributed by atoms with Gasteiger partial charge < -0.3 is 10.4 Å². The Balaban J connectivity index is 1.74. The first-order valence-electron chi connectivity index (χ1n) is 7.77. The van der Waals surface area contributed by atoms with Crippen LogP contribution in [-0.2, 0) is 18.4 Å². The largest absolute Gasteiger partial charge is 0.392 e. The average molecular weight is 334 g/mol. The zero-order valence-electron chi connectivity index (χ0n) is 13.8. The number of pyridine rings is 1. The molecule has 2 heterocycles. The second-order valence-corrected chi connectivity index (χ2v) is 5.54. The number of carbonyl (C=O) groups is 1. The van der Waals surface area contributed by atoms with Crippen molar-refractivity contribution in [2.75, 3.05) is 5.32 Å². The molecule has 6 nitrogen and oxygen atoms in total. The van der Waals surface area contributed by atoms with Crippen molar-refractivity contribution in [3.8, 4) is 11.1 Å². The molecule has 3 rings (SSSR count). The number of aryl methyl sites for hydroxylation is 1. The van der Waals surface area contributed by atoms with Crippen LogP contribution in [0.1, 0.15) is 11.1 Å². The molecule has 3 aromatic rings. The second kappa shape index (κ2) is 7.55. The SMILES string of the molecule is Cn1cc(-c2ccncc2/C=C/C(=O)Nc2ccc(CO)cc2)cn1. The third kappa shape index (κ3) is 4.19. The Bertz CT molecular complexity index is 898. The number of hydrogen-bond acceptors (Lipinski definition) is 4. The lowest BCUT2D eigenvalue weighted by Crippen LogP contribution is -2.07. The van der Waals surface area contributed by atoms with Crippen molar-refractivity contribution in [3.63, 3.8) is 0 Å². The Labute approximate surface area is 145 Å². The molecule has 0 bridgehead atoms. The van der Waals surface area contributed by atoms with E-state index in [1.54, 1.807) is 53.6 Å². The molecule has 0 aliphatic rings. The number of benzene rings is 1. The van der Waals surface area contributed by atoms with E-state index in [1.165, 1.54) is 6.08 Å². The van der Waals surface area contributed by atoms with E-state index in [9.17, 15) is 4.79 Å². The Hall–Kier alpha value is -3.25. The summed E-state index contributed by atoms with van der Waals surface area (Å²) in [7, 11) is 1.86. The highest BCUT2D eigenvalue weighted by Crippen LogP contribution is 2.23. The number of aliphatic hydroxyl groups is 1. The zero-order chi connectivity index (χ0) is 17.6. The fraction of sp³-hybridized carbons (Fsp3) is 0.105. The van der Waals surface area contributed by atoms with Crippen LogP contribution in [0, 0.1) is 0 Å². The monoisotopic (exact) mass is 334 g/mol. The predicted octanol–water partition coefficient (Wildman–Crippen LogP) is 2.63. The number of carbonyl (C=O) groups excluding carboxylic acids is 1. The van der Waals surface area contributed by atoms with Gasteiger partial charge in [-0.2, -0.15) is 5.10 Å². The van der Waals surface area contributed by atoms with E-state index in [1.807, 2.05) is 19.3 Å². The summed E-state index contributed by atoms with van der Waals surface area (Å²) in [5.41, 5.74) is 4.22. The number of aliphatic hydroxyl groups excluding tert-OH is 1. The molecule has 0 aliphatic carbocycles. The molecule has 126 valence electrons. The van der Waals surface area contributed by atoms with Crippen LogP contribution in [-0.4, -0.2) is 25.8 Å². The Morgan fingerprint density at radius 3 is 2.72 bits per heavy atom. The molecule has 0 aliphatic heterocycles. The molecule has 0 unspecified atom stereocenters. The molecule has 1 aromatic carbocycles. The van der Waals surface area contributed by atoms with Crippen molar-refractivity contribution in [1.29, 1.82) is 0 Å². The summed E-state index contributed by atoms with van der Waals surface area (Å²) in [5.74, 6) is -0.238. The molecule has 0 saturated heterocycles. The fourth-order valence-corrected chi connectivity index (χ4v) is 2.41. The lowest BCUT2D eigenvalue weighted by atomic mass is 10.0. The molecular formula is C19H18N4O2. The van der Waals surface area contributed by atoms with Gasteiger partial charge in [0, 0.05) is 48.5 Å². The van der Waals surface area contributed by atoms with Crippen molar-refractivity contribution in [2.24, 2.45) is 7.05 Å². The third-order valence-electron chi connectivity index (χ3n) is 3.69. The molecule has 25 heavy (non-hydrogen) atoms. The van der Waals surface area contributed by atoms with Gasteiger partial charge in [0.05, 0.1) is 12.8 Å². The van der Waals surface area contributed by atoms with Crippen LogP contribution in [0.2, 0.25) is 0 Å². The van der Waals surface area contributed by atoms with Gasteiger partial charge >= 0.3 is 0 Å². The normalized spacial score (nSPS) is 11.0. The van der Waals surface area contributed by atoms with E-state index in [-0.39, 0.29) is 12.5 Å². The minimum atomic E-state index is -0.238. The van der Waals surface area contributed by atoms with Crippen LogP contribution in [0.15, 0.2) is 61.2 Å². The van der Waals surface area contributed by atoms with Crippen molar-refractivity contribution in [1.82, 2.24) is 14.8 Å². The van der Waals surface area contributed by atoms with Crippen LogP contribution in [0.5, 0.6) is 0 Å². The summed E-state index contributed by atoms with van der Waals surface area (Å²) in [6.45, 7) is -0.0216. The standard InChI is InChI=1S/C19H18N4O2/c1-23-12-16(11-21-23)18-8-9-20-10-15(18)4-7-19(25)22-17-5-2-14(13-24)3-6-17/h2-12,24H,13H2,1H3,(H,22,25)/b7-4+. The highest BCUT2D eigenvalue weighted by atomic mass is 16.3. The molecule has 2 aromatic heterocycles. The summed E-state index contributed by atoms with van der Waals surface area (Å²) >= 11 is 0. The number of nitrogens with one attached hydrogen (secondary N) is 1. The molecule has 0 fully saturated rings. The lowest BCUT2D eigenvalue weighted by molar-refractivity contribution is -0.111. The number of hydrogen-bond donors (Lipinski definition) is 2. The van der Waals surface area contributed by atoms with E-state index >= 15 is 0 Å². The minimum absolute atomic E-state index is 0.0216. The van der Waals surface area contributed by atoms with Gasteiger partial charge in [-0.3, -0.25) is 14.5 Å². The number of nitrogens with zero attached hydrogens (tertiary/aromatic N) is 3. The first kappa shape index (κ1) is 16.6. The van der Waals surface area contributed by atoms with Crippen molar-refractivity contribution in [2.45, 2.75) is 6.61 Å². The summed E-state index contributed by atoms with van der Waals surface area (Å²) in [5, 5.41) is 16.0. The smallest absolute Gasteiger partial charge is 0.248 e. The van der Waals surface area contributed by atoms with E-state index in [4.69, 9.17) is 5.11 Å².